The van der Waals surface area contributed by atoms with Gasteiger partial charge in [0.1, 0.15) is 23.6 Å². The number of benzene rings is 2. The van der Waals surface area contributed by atoms with Crippen LogP contribution in [-0.4, -0.2) is 29.6 Å². The number of carbonyl (C=O) groups excluding carboxylic acids is 1. The van der Waals surface area contributed by atoms with Gasteiger partial charge in [-0.1, -0.05) is 6.07 Å². The van der Waals surface area contributed by atoms with Crippen molar-refractivity contribution in [3.63, 3.8) is 0 Å². The summed E-state index contributed by atoms with van der Waals surface area (Å²) in [6.07, 6.45) is 0.924. The number of ether oxygens (including phenoxy) is 2. The zero-order valence-electron chi connectivity index (χ0n) is 16.0. The Morgan fingerprint density at radius 1 is 1.39 bits per heavy atom. The average molecular weight is 385 g/mol. The van der Waals surface area contributed by atoms with E-state index in [1.807, 2.05) is 26.0 Å². The number of nitrogens with zero attached hydrogens (tertiary/aromatic N) is 1. The highest BCUT2D eigenvalue weighted by Crippen LogP contribution is 2.38. The summed E-state index contributed by atoms with van der Waals surface area (Å²) in [5.41, 5.74) is 2.03. The average Bonchev–Trinajstić information content (AvgIpc) is 3.01. The molecule has 0 saturated carbocycles. The van der Waals surface area contributed by atoms with Gasteiger partial charge in [0.15, 0.2) is 0 Å². The molecule has 2 aromatic carbocycles. The fourth-order valence-electron chi connectivity index (χ4n) is 3.07. The van der Waals surface area contributed by atoms with Gasteiger partial charge in [-0.05, 0) is 32.9 Å². The molecule has 0 spiro atoms. The Labute approximate surface area is 163 Å². The van der Waals surface area contributed by atoms with Crippen molar-refractivity contribution in [3.05, 3.63) is 52.1 Å². The van der Waals surface area contributed by atoms with Gasteiger partial charge >= 0.3 is 0 Å². The number of nitro benzene ring substituents is 1. The minimum atomic E-state index is -0.602. The Kier molecular flexibility index (Phi) is 5.67. The van der Waals surface area contributed by atoms with Crippen LogP contribution in [0.15, 0.2) is 36.4 Å². The molecule has 2 N–H and O–H groups in total. The molecule has 0 aliphatic carbocycles. The fraction of sp³-hybridized carbons (Fsp3) is 0.350. The first-order valence-corrected chi connectivity index (χ1v) is 9.15. The lowest BCUT2D eigenvalue weighted by molar-refractivity contribution is -0.384. The zero-order chi connectivity index (χ0) is 20.3. The van der Waals surface area contributed by atoms with E-state index in [0.29, 0.717) is 23.7 Å². The number of amides is 1. The molecule has 1 aliphatic rings. The van der Waals surface area contributed by atoms with Crippen LogP contribution in [0.4, 0.5) is 17.1 Å². The highest BCUT2D eigenvalue weighted by atomic mass is 16.6. The molecule has 1 aliphatic heterocycles. The molecule has 8 heteroatoms. The van der Waals surface area contributed by atoms with Gasteiger partial charge in [-0.15, -0.1) is 0 Å². The summed E-state index contributed by atoms with van der Waals surface area (Å²) >= 11 is 0. The van der Waals surface area contributed by atoms with Crippen LogP contribution in [-0.2, 0) is 11.2 Å². The molecule has 2 aromatic rings. The topological polar surface area (TPSA) is 103 Å². The lowest BCUT2D eigenvalue weighted by atomic mass is 10.1. The third-order valence-electron chi connectivity index (χ3n) is 4.39. The summed E-state index contributed by atoms with van der Waals surface area (Å²) in [4.78, 5) is 22.9. The summed E-state index contributed by atoms with van der Waals surface area (Å²) in [6.45, 7) is 6.11. The first-order chi connectivity index (χ1) is 13.4. The number of fused-ring (bicyclic) bond motifs is 1. The van der Waals surface area contributed by atoms with Crippen molar-refractivity contribution in [1.29, 1.82) is 0 Å². The molecule has 148 valence electrons. The smallest absolute Gasteiger partial charge is 0.271 e. The summed E-state index contributed by atoms with van der Waals surface area (Å²) < 4.78 is 11.5. The molecule has 0 saturated heterocycles. The maximum atomic E-state index is 12.5. The van der Waals surface area contributed by atoms with Gasteiger partial charge in [-0.2, -0.15) is 0 Å². The molecular formula is C20H23N3O5. The van der Waals surface area contributed by atoms with Crippen LogP contribution in [0.3, 0.4) is 0 Å². The summed E-state index contributed by atoms with van der Waals surface area (Å²) in [5, 5.41) is 16.7. The van der Waals surface area contributed by atoms with Crippen LogP contribution >= 0.6 is 0 Å². The van der Waals surface area contributed by atoms with E-state index < -0.39 is 11.0 Å². The van der Waals surface area contributed by atoms with E-state index in [0.717, 1.165) is 17.7 Å². The number of anilines is 2. The van der Waals surface area contributed by atoms with E-state index in [-0.39, 0.29) is 17.7 Å². The number of hydrogen-bond acceptors (Lipinski definition) is 6. The van der Waals surface area contributed by atoms with Gasteiger partial charge in [0.25, 0.3) is 5.69 Å². The van der Waals surface area contributed by atoms with Crippen molar-refractivity contribution >= 4 is 23.0 Å². The number of nitrogens with one attached hydrogen (secondary N) is 2. The van der Waals surface area contributed by atoms with Crippen molar-refractivity contribution < 1.29 is 19.2 Å². The Hall–Kier alpha value is -3.29. The van der Waals surface area contributed by atoms with Crippen molar-refractivity contribution in [3.8, 4) is 11.5 Å². The van der Waals surface area contributed by atoms with E-state index in [4.69, 9.17) is 9.47 Å². The van der Waals surface area contributed by atoms with Crippen LogP contribution < -0.4 is 20.1 Å². The van der Waals surface area contributed by atoms with Gasteiger partial charge in [0, 0.05) is 35.9 Å². The monoisotopic (exact) mass is 385 g/mol. The number of carbonyl (C=O) groups is 1. The molecule has 28 heavy (non-hydrogen) atoms. The van der Waals surface area contributed by atoms with Crippen molar-refractivity contribution in [2.45, 2.75) is 39.3 Å². The second kappa shape index (κ2) is 8.16. The van der Waals surface area contributed by atoms with Crippen LogP contribution in [0.2, 0.25) is 0 Å². The molecule has 3 rings (SSSR count). The number of nitro groups is 1. The maximum absolute atomic E-state index is 12.5. The van der Waals surface area contributed by atoms with E-state index in [2.05, 4.69) is 10.6 Å². The Bertz CT molecular complexity index is 899. The van der Waals surface area contributed by atoms with E-state index >= 15 is 0 Å². The van der Waals surface area contributed by atoms with E-state index in [1.165, 1.54) is 18.2 Å². The predicted octanol–water partition coefficient (Wildman–Crippen LogP) is 3.76. The standard InChI is InChI=1S/C20H23N3O5/c1-4-27-19-9-14-8-12(2)28-18(14)11-17(19)21-13(3)20(24)22-15-6-5-7-16(10-15)23(25)26/h5-7,9-13,21H,4,8H2,1-3H3,(H,22,24)/t12-,13-/m0/s1. The maximum Gasteiger partial charge on any atom is 0.271 e. The molecule has 1 amide bonds. The Morgan fingerprint density at radius 3 is 2.89 bits per heavy atom. The molecular weight excluding hydrogens is 362 g/mol. The minimum absolute atomic E-state index is 0.0815. The number of rotatable bonds is 7. The number of non-ortho nitro benzene ring substituents is 1. The Balaban J connectivity index is 1.74. The van der Waals surface area contributed by atoms with Crippen molar-refractivity contribution in [2.24, 2.45) is 0 Å². The minimum Gasteiger partial charge on any atom is -0.492 e. The third kappa shape index (κ3) is 4.33. The predicted molar refractivity (Wildman–Crippen MR) is 106 cm³/mol. The van der Waals surface area contributed by atoms with Gasteiger partial charge in [0.2, 0.25) is 5.91 Å². The SMILES string of the molecule is CCOc1cc2c(cc1N[C@@H](C)C(=O)Nc1cccc([N+](=O)[O-])c1)O[C@@H](C)C2. The normalized spacial score (nSPS) is 15.9. The van der Waals surface area contributed by atoms with Crippen LogP contribution in [0.1, 0.15) is 26.3 Å². The second-order valence-corrected chi connectivity index (χ2v) is 6.68. The third-order valence-corrected chi connectivity index (χ3v) is 4.39. The van der Waals surface area contributed by atoms with Crippen molar-refractivity contribution in [2.75, 3.05) is 17.2 Å². The highest BCUT2D eigenvalue weighted by Gasteiger charge is 2.23. The first kappa shape index (κ1) is 19.5. The molecule has 0 fully saturated rings. The molecule has 2 atom stereocenters. The second-order valence-electron chi connectivity index (χ2n) is 6.68. The van der Waals surface area contributed by atoms with E-state index in [9.17, 15) is 14.9 Å². The number of hydrogen-bond donors (Lipinski definition) is 2. The summed E-state index contributed by atoms with van der Waals surface area (Å²) in [7, 11) is 0. The lowest BCUT2D eigenvalue weighted by Crippen LogP contribution is -2.32. The Morgan fingerprint density at radius 2 is 2.18 bits per heavy atom. The van der Waals surface area contributed by atoms with Crippen LogP contribution in [0.25, 0.3) is 0 Å². The quantitative estimate of drug-likeness (QED) is 0.556. The van der Waals surface area contributed by atoms with Crippen LogP contribution in [0, 0.1) is 10.1 Å². The molecule has 0 unspecified atom stereocenters. The van der Waals surface area contributed by atoms with Gasteiger partial charge in [0.05, 0.1) is 17.2 Å². The van der Waals surface area contributed by atoms with Crippen LogP contribution in [0.5, 0.6) is 11.5 Å². The first-order valence-electron chi connectivity index (χ1n) is 9.15. The molecule has 0 aromatic heterocycles. The molecule has 0 bridgehead atoms. The van der Waals surface area contributed by atoms with Gasteiger partial charge in [-0.3, -0.25) is 14.9 Å². The molecule has 0 radical (unpaired) electrons. The van der Waals surface area contributed by atoms with Gasteiger partial charge in [-0.25, -0.2) is 0 Å². The lowest BCUT2D eigenvalue weighted by Gasteiger charge is -2.19. The summed E-state index contributed by atoms with van der Waals surface area (Å²) in [6, 6.07) is 9.01. The summed E-state index contributed by atoms with van der Waals surface area (Å²) in [5.74, 6) is 1.12. The zero-order valence-corrected chi connectivity index (χ0v) is 16.0. The molecule has 8 nitrogen and oxygen atoms in total. The largest absolute Gasteiger partial charge is 0.492 e. The van der Waals surface area contributed by atoms with E-state index in [1.54, 1.807) is 13.0 Å². The molecule has 1 heterocycles. The fourth-order valence-corrected chi connectivity index (χ4v) is 3.07. The van der Waals surface area contributed by atoms with Gasteiger partial charge < -0.3 is 20.1 Å². The highest BCUT2D eigenvalue weighted by molar-refractivity contribution is 5.96. The van der Waals surface area contributed by atoms with Crippen molar-refractivity contribution in [1.82, 2.24) is 0 Å².